The summed E-state index contributed by atoms with van der Waals surface area (Å²) >= 11 is 0. The van der Waals surface area contributed by atoms with Gasteiger partial charge in [-0.25, -0.2) is 0 Å². The van der Waals surface area contributed by atoms with Gasteiger partial charge in [0.15, 0.2) is 0 Å². The van der Waals surface area contributed by atoms with Gasteiger partial charge in [-0.05, 0) is 44.4 Å². The Kier molecular flexibility index (Phi) is 4.10. The highest BCUT2D eigenvalue weighted by Crippen LogP contribution is 2.31. The van der Waals surface area contributed by atoms with E-state index in [1.807, 2.05) is 0 Å². The Labute approximate surface area is 121 Å². The van der Waals surface area contributed by atoms with Crippen molar-refractivity contribution in [1.29, 1.82) is 0 Å². The molecule has 4 heteroatoms. The van der Waals surface area contributed by atoms with Crippen LogP contribution in [-0.4, -0.2) is 34.5 Å². The standard InChI is InChI=1S/C16H25N3O/c1-18-11-6-9-14(18)15-8-3-2-4-12-19(15)16(20)13-7-5-10-17-13/h6,9,11,13,15,17H,2-5,7-8,10,12H2,1H3/t13-,15?/m1/s1. The molecule has 0 radical (unpaired) electrons. The molecule has 0 saturated carbocycles. The largest absolute Gasteiger partial charge is 0.353 e. The Hall–Kier alpha value is -1.29. The maximum Gasteiger partial charge on any atom is 0.240 e. The van der Waals surface area contributed by atoms with E-state index >= 15 is 0 Å². The van der Waals surface area contributed by atoms with Gasteiger partial charge in [0.05, 0.1) is 12.1 Å². The summed E-state index contributed by atoms with van der Waals surface area (Å²) in [5, 5.41) is 3.36. The fourth-order valence-corrected chi connectivity index (χ4v) is 3.60. The van der Waals surface area contributed by atoms with E-state index in [-0.39, 0.29) is 12.1 Å². The van der Waals surface area contributed by atoms with Crippen LogP contribution in [0.15, 0.2) is 18.3 Å². The van der Waals surface area contributed by atoms with E-state index in [9.17, 15) is 4.79 Å². The number of nitrogens with zero attached hydrogens (tertiary/aromatic N) is 2. The van der Waals surface area contributed by atoms with Gasteiger partial charge in [0.1, 0.15) is 0 Å². The number of carbonyl (C=O) groups is 1. The monoisotopic (exact) mass is 275 g/mol. The van der Waals surface area contributed by atoms with Crippen LogP contribution in [0.1, 0.15) is 50.3 Å². The van der Waals surface area contributed by atoms with Crippen molar-refractivity contribution >= 4 is 5.91 Å². The molecule has 3 rings (SSSR count). The average Bonchev–Trinajstić information content (AvgIpc) is 3.05. The molecule has 2 saturated heterocycles. The van der Waals surface area contributed by atoms with E-state index in [4.69, 9.17) is 0 Å². The number of rotatable bonds is 2. The van der Waals surface area contributed by atoms with Gasteiger partial charge in [-0.2, -0.15) is 0 Å². The fourth-order valence-electron chi connectivity index (χ4n) is 3.60. The first kappa shape index (κ1) is 13.7. The number of carbonyl (C=O) groups excluding carboxylic acids is 1. The molecule has 2 aliphatic heterocycles. The summed E-state index contributed by atoms with van der Waals surface area (Å²) in [6, 6.07) is 4.55. The first-order valence-electron chi connectivity index (χ1n) is 7.92. The Morgan fingerprint density at radius 2 is 2.15 bits per heavy atom. The van der Waals surface area contributed by atoms with Crippen LogP contribution in [0.25, 0.3) is 0 Å². The summed E-state index contributed by atoms with van der Waals surface area (Å²) in [5.74, 6) is 0.315. The van der Waals surface area contributed by atoms with E-state index in [0.29, 0.717) is 5.91 Å². The van der Waals surface area contributed by atoms with E-state index in [1.54, 1.807) is 0 Å². The second-order valence-electron chi connectivity index (χ2n) is 6.09. The number of hydrogen-bond acceptors (Lipinski definition) is 2. The zero-order valence-electron chi connectivity index (χ0n) is 12.3. The molecule has 1 aromatic rings. The van der Waals surface area contributed by atoms with Crippen LogP contribution < -0.4 is 5.32 Å². The molecular weight excluding hydrogens is 250 g/mol. The van der Waals surface area contributed by atoms with Crippen molar-refractivity contribution in [3.63, 3.8) is 0 Å². The van der Waals surface area contributed by atoms with Crippen molar-refractivity contribution in [3.05, 3.63) is 24.0 Å². The van der Waals surface area contributed by atoms with E-state index in [1.165, 1.54) is 18.5 Å². The number of aromatic nitrogens is 1. The lowest BCUT2D eigenvalue weighted by Crippen LogP contribution is -2.45. The van der Waals surface area contributed by atoms with Crippen molar-refractivity contribution in [2.24, 2.45) is 7.05 Å². The molecule has 1 amide bonds. The Morgan fingerprint density at radius 3 is 2.85 bits per heavy atom. The van der Waals surface area contributed by atoms with Crippen molar-refractivity contribution in [1.82, 2.24) is 14.8 Å². The summed E-state index contributed by atoms with van der Waals surface area (Å²) in [7, 11) is 2.08. The first-order valence-corrected chi connectivity index (χ1v) is 7.92. The first-order chi connectivity index (χ1) is 9.77. The smallest absolute Gasteiger partial charge is 0.240 e. The molecule has 1 N–H and O–H groups in total. The fraction of sp³-hybridized carbons (Fsp3) is 0.688. The Morgan fingerprint density at radius 1 is 1.25 bits per heavy atom. The molecule has 1 unspecified atom stereocenters. The van der Waals surface area contributed by atoms with Crippen LogP contribution in [0, 0.1) is 0 Å². The van der Waals surface area contributed by atoms with Gasteiger partial charge in [-0.15, -0.1) is 0 Å². The summed E-state index contributed by atoms with van der Waals surface area (Å²) in [6.45, 7) is 1.89. The lowest BCUT2D eigenvalue weighted by molar-refractivity contribution is -0.135. The molecule has 4 nitrogen and oxygen atoms in total. The predicted octanol–water partition coefficient (Wildman–Crippen LogP) is 2.22. The molecule has 2 fully saturated rings. The molecule has 0 aromatic carbocycles. The van der Waals surface area contributed by atoms with Crippen molar-refractivity contribution in [2.75, 3.05) is 13.1 Å². The van der Waals surface area contributed by atoms with E-state index in [2.05, 4.69) is 40.2 Å². The van der Waals surface area contributed by atoms with Crippen LogP contribution >= 0.6 is 0 Å². The third kappa shape index (κ3) is 2.62. The summed E-state index contributed by atoms with van der Waals surface area (Å²) < 4.78 is 2.17. The molecule has 1 aromatic heterocycles. The van der Waals surface area contributed by atoms with Crippen LogP contribution in [0.5, 0.6) is 0 Å². The predicted molar refractivity (Wildman–Crippen MR) is 79.4 cm³/mol. The van der Waals surface area contributed by atoms with Gasteiger partial charge in [-0.3, -0.25) is 4.79 Å². The van der Waals surface area contributed by atoms with Gasteiger partial charge in [0.2, 0.25) is 5.91 Å². The zero-order valence-corrected chi connectivity index (χ0v) is 12.3. The average molecular weight is 275 g/mol. The van der Waals surface area contributed by atoms with Crippen LogP contribution in [0.2, 0.25) is 0 Å². The van der Waals surface area contributed by atoms with Gasteiger partial charge < -0.3 is 14.8 Å². The molecule has 20 heavy (non-hydrogen) atoms. The maximum atomic E-state index is 12.8. The molecular formula is C16H25N3O. The Balaban J connectivity index is 1.84. The van der Waals surface area contributed by atoms with Crippen LogP contribution in [-0.2, 0) is 11.8 Å². The summed E-state index contributed by atoms with van der Waals surface area (Å²) in [5.41, 5.74) is 1.28. The highest BCUT2D eigenvalue weighted by molar-refractivity contribution is 5.82. The van der Waals surface area contributed by atoms with Gasteiger partial charge in [0, 0.05) is 25.5 Å². The second-order valence-corrected chi connectivity index (χ2v) is 6.09. The number of aryl methyl sites for hydroxylation is 1. The normalized spacial score (nSPS) is 27.6. The Bertz CT molecular complexity index is 462. The van der Waals surface area contributed by atoms with Crippen molar-refractivity contribution in [3.8, 4) is 0 Å². The molecule has 0 spiro atoms. The minimum absolute atomic E-state index is 0.0517. The quantitative estimate of drug-likeness (QED) is 0.898. The van der Waals surface area contributed by atoms with E-state index < -0.39 is 0 Å². The van der Waals surface area contributed by atoms with Crippen LogP contribution in [0.4, 0.5) is 0 Å². The lowest BCUT2D eigenvalue weighted by atomic mass is 10.1. The molecule has 2 atom stereocenters. The zero-order chi connectivity index (χ0) is 13.9. The second kappa shape index (κ2) is 6.00. The van der Waals surface area contributed by atoms with Crippen molar-refractivity contribution in [2.45, 2.75) is 50.6 Å². The lowest BCUT2D eigenvalue weighted by Gasteiger charge is -2.32. The van der Waals surface area contributed by atoms with Gasteiger partial charge >= 0.3 is 0 Å². The number of nitrogens with one attached hydrogen (secondary N) is 1. The summed E-state index contributed by atoms with van der Waals surface area (Å²) in [6.07, 6.45) is 8.89. The highest BCUT2D eigenvalue weighted by Gasteiger charge is 2.33. The van der Waals surface area contributed by atoms with Gasteiger partial charge in [0.25, 0.3) is 0 Å². The third-order valence-electron chi connectivity index (χ3n) is 4.72. The third-order valence-corrected chi connectivity index (χ3v) is 4.72. The maximum absolute atomic E-state index is 12.8. The highest BCUT2D eigenvalue weighted by atomic mass is 16.2. The van der Waals surface area contributed by atoms with Gasteiger partial charge in [-0.1, -0.05) is 12.8 Å². The summed E-state index contributed by atoms with van der Waals surface area (Å²) in [4.78, 5) is 15.0. The molecule has 0 aliphatic carbocycles. The minimum atomic E-state index is 0.0517. The number of hydrogen-bond donors (Lipinski definition) is 1. The number of likely N-dealkylation sites (tertiary alicyclic amines) is 1. The number of amides is 1. The van der Waals surface area contributed by atoms with Crippen molar-refractivity contribution < 1.29 is 4.79 Å². The molecule has 0 bridgehead atoms. The van der Waals surface area contributed by atoms with E-state index in [0.717, 1.165) is 38.8 Å². The molecule has 3 heterocycles. The molecule has 110 valence electrons. The molecule has 2 aliphatic rings. The van der Waals surface area contributed by atoms with Crippen LogP contribution in [0.3, 0.4) is 0 Å². The topological polar surface area (TPSA) is 37.3 Å². The minimum Gasteiger partial charge on any atom is -0.353 e. The SMILES string of the molecule is Cn1cccc1C1CCCCCN1C(=O)[C@H]1CCCN1.